The lowest BCUT2D eigenvalue weighted by Crippen LogP contribution is -2.36. The van der Waals surface area contributed by atoms with Crippen molar-refractivity contribution in [1.29, 1.82) is 0 Å². The summed E-state index contributed by atoms with van der Waals surface area (Å²) in [5, 5.41) is 3.36. The minimum Gasteiger partial charge on any atom is -0.317 e. The third-order valence-corrected chi connectivity index (χ3v) is 3.28. The predicted octanol–water partition coefficient (Wildman–Crippen LogP) is 1.03. The SMILES string of the molecule is CC1(C)C/C2=N\CCCNCCCN2C1=O. The molecular formula is C12H21N3O. The van der Waals surface area contributed by atoms with Gasteiger partial charge in [-0.1, -0.05) is 13.8 Å². The Morgan fingerprint density at radius 2 is 2.06 bits per heavy atom. The van der Waals surface area contributed by atoms with E-state index in [2.05, 4.69) is 10.3 Å². The first-order valence-corrected chi connectivity index (χ1v) is 6.17. The topological polar surface area (TPSA) is 44.7 Å². The van der Waals surface area contributed by atoms with Gasteiger partial charge in [0.05, 0.1) is 5.41 Å². The van der Waals surface area contributed by atoms with E-state index in [0.717, 1.165) is 51.3 Å². The molecule has 0 aromatic rings. The number of fused-ring (bicyclic) bond motifs is 1. The minimum atomic E-state index is -0.250. The number of amides is 1. The third kappa shape index (κ3) is 2.26. The zero-order chi connectivity index (χ0) is 11.6. The number of aliphatic imine (C=N–C) groups is 1. The average molecular weight is 223 g/mol. The van der Waals surface area contributed by atoms with Crippen molar-refractivity contribution in [2.75, 3.05) is 26.2 Å². The predicted molar refractivity (Wildman–Crippen MR) is 64.5 cm³/mol. The van der Waals surface area contributed by atoms with E-state index in [4.69, 9.17) is 0 Å². The zero-order valence-electron chi connectivity index (χ0n) is 10.3. The summed E-state index contributed by atoms with van der Waals surface area (Å²) in [6, 6.07) is 0. The van der Waals surface area contributed by atoms with Crippen LogP contribution < -0.4 is 5.32 Å². The van der Waals surface area contributed by atoms with Gasteiger partial charge in [-0.3, -0.25) is 9.79 Å². The molecule has 16 heavy (non-hydrogen) atoms. The summed E-state index contributed by atoms with van der Waals surface area (Å²) >= 11 is 0. The fourth-order valence-electron chi connectivity index (χ4n) is 2.32. The fourth-order valence-corrected chi connectivity index (χ4v) is 2.32. The molecule has 2 rings (SSSR count). The van der Waals surface area contributed by atoms with Crippen LogP contribution in [0.25, 0.3) is 0 Å². The van der Waals surface area contributed by atoms with E-state index >= 15 is 0 Å². The first-order chi connectivity index (χ1) is 7.61. The maximum atomic E-state index is 12.1. The standard InChI is InChI=1S/C12H21N3O/c1-12(2)9-10-14-7-3-5-13-6-4-8-15(10)11(12)16/h13H,3-9H2,1-2H3/b14-10+. The van der Waals surface area contributed by atoms with Crippen LogP contribution in [0.2, 0.25) is 0 Å². The van der Waals surface area contributed by atoms with Gasteiger partial charge >= 0.3 is 0 Å². The largest absolute Gasteiger partial charge is 0.317 e. The summed E-state index contributed by atoms with van der Waals surface area (Å²) < 4.78 is 0. The Labute approximate surface area is 97.1 Å². The van der Waals surface area contributed by atoms with E-state index in [1.54, 1.807) is 0 Å². The highest BCUT2D eigenvalue weighted by atomic mass is 16.2. The summed E-state index contributed by atoms with van der Waals surface area (Å²) in [5.74, 6) is 1.25. The molecule has 0 saturated carbocycles. The van der Waals surface area contributed by atoms with Crippen LogP contribution in [0, 0.1) is 5.41 Å². The lowest BCUT2D eigenvalue weighted by Gasteiger charge is -2.20. The molecular weight excluding hydrogens is 202 g/mol. The minimum absolute atomic E-state index is 0.242. The van der Waals surface area contributed by atoms with Gasteiger partial charge in [0.15, 0.2) is 0 Å². The van der Waals surface area contributed by atoms with Crippen molar-refractivity contribution in [3.8, 4) is 0 Å². The molecule has 4 heteroatoms. The van der Waals surface area contributed by atoms with Crippen LogP contribution in [0.5, 0.6) is 0 Å². The summed E-state index contributed by atoms with van der Waals surface area (Å²) in [6.45, 7) is 7.72. The number of amidine groups is 1. The Morgan fingerprint density at radius 1 is 1.31 bits per heavy atom. The van der Waals surface area contributed by atoms with Crippen molar-refractivity contribution in [3.05, 3.63) is 0 Å². The molecule has 0 spiro atoms. The van der Waals surface area contributed by atoms with Crippen molar-refractivity contribution < 1.29 is 4.79 Å². The first kappa shape index (κ1) is 11.6. The molecule has 1 fully saturated rings. The monoisotopic (exact) mass is 223 g/mol. The average Bonchev–Trinajstić information content (AvgIpc) is 2.46. The van der Waals surface area contributed by atoms with E-state index in [1.807, 2.05) is 18.7 Å². The number of hydrogen-bond acceptors (Lipinski definition) is 3. The first-order valence-electron chi connectivity index (χ1n) is 6.17. The second kappa shape index (κ2) is 4.53. The van der Waals surface area contributed by atoms with Crippen LogP contribution in [0.4, 0.5) is 0 Å². The van der Waals surface area contributed by atoms with Gasteiger partial charge < -0.3 is 10.2 Å². The van der Waals surface area contributed by atoms with Crippen LogP contribution in [-0.4, -0.2) is 42.8 Å². The highest BCUT2D eigenvalue weighted by Crippen LogP contribution is 2.32. The summed E-state index contributed by atoms with van der Waals surface area (Å²) in [4.78, 5) is 18.6. The van der Waals surface area contributed by atoms with Gasteiger partial charge in [-0.05, 0) is 25.9 Å². The van der Waals surface area contributed by atoms with Crippen molar-refractivity contribution in [2.24, 2.45) is 10.4 Å². The van der Waals surface area contributed by atoms with Gasteiger partial charge in [0.1, 0.15) is 5.84 Å². The van der Waals surface area contributed by atoms with Crippen LogP contribution in [0.1, 0.15) is 33.1 Å². The highest BCUT2D eigenvalue weighted by Gasteiger charge is 2.42. The number of rotatable bonds is 0. The molecule has 0 unspecified atom stereocenters. The maximum Gasteiger partial charge on any atom is 0.233 e. The van der Waals surface area contributed by atoms with E-state index in [-0.39, 0.29) is 11.3 Å². The van der Waals surface area contributed by atoms with E-state index in [0.29, 0.717) is 0 Å². The number of hydrogen-bond donors (Lipinski definition) is 1. The van der Waals surface area contributed by atoms with Crippen molar-refractivity contribution in [1.82, 2.24) is 10.2 Å². The number of carbonyl (C=O) groups excluding carboxylic acids is 1. The molecule has 1 N–H and O–H groups in total. The lowest BCUT2D eigenvalue weighted by molar-refractivity contribution is -0.133. The summed E-state index contributed by atoms with van der Waals surface area (Å²) in [5.41, 5.74) is -0.250. The van der Waals surface area contributed by atoms with Crippen molar-refractivity contribution >= 4 is 11.7 Å². The van der Waals surface area contributed by atoms with Crippen molar-refractivity contribution in [2.45, 2.75) is 33.1 Å². The molecule has 2 aliphatic heterocycles. The van der Waals surface area contributed by atoms with Crippen LogP contribution in [0.15, 0.2) is 4.99 Å². The van der Waals surface area contributed by atoms with E-state index < -0.39 is 0 Å². The molecule has 90 valence electrons. The molecule has 0 atom stereocenters. The third-order valence-electron chi connectivity index (χ3n) is 3.28. The Hall–Kier alpha value is -0.900. The second-order valence-corrected chi connectivity index (χ2v) is 5.27. The Kier molecular flexibility index (Phi) is 3.28. The fraction of sp³-hybridized carbons (Fsp3) is 0.833. The van der Waals surface area contributed by atoms with Crippen molar-refractivity contribution in [3.63, 3.8) is 0 Å². The van der Waals surface area contributed by atoms with E-state index in [9.17, 15) is 4.79 Å². The smallest absolute Gasteiger partial charge is 0.233 e. The summed E-state index contributed by atoms with van der Waals surface area (Å²) in [7, 11) is 0. The normalized spacial score (nSPS) is 29.5. The molecule has 0 aromatic heterocycles. The molecule has 1 amide bonds. The Morgan fingerprint density at radius 3 is 2.88 bits per heavy atom. The maximum absolute atomic E-state index is 12.1. The van der Waals surface area contributed by atoms with E-state index in [1.165, 1.54) is 0 Å². The lowest BCUT2D eigenvalue weighted by atomic mass is 9.92. The van der Waals surface area contributed by atoms with Gasteiger partial charge in [0, 0.05) is 19.5 Å². The van der Waals surface area contributed by atoms with Crippen LogP contribution in [-0.2, 0) is 4.79 Å². The molecule has 0 aromatic carbocycles. The van der Waals surface area contributed by atoms with Gasteiger partial charge in [0.25, 0.3) is 0 Å². The quantitative estimate of drug-likeness (QED) is 0.666. The Bertz CT molecular complexity index is 309. The molecule has 2 aliphatic rings. The molecule has 0 radical (unpaired) electrons. The molecule has 0 aliphatic carbocycles. The van der Waals surface area contributed by atoms with Gasteiger partial charge in [0.2, 0.25) is 5.91 Å². The highest BCUT2D eigenvalue weighted by molar-refractivity contribution is 6.07. The number of nitrogens with zero attached hydrogens (tertiary/aromatic N) is 2. The summed E-state index contributed by atoms with van der Waals surface area (Å²) in [6.07, 6.45) is 2.88. The van der Waals surface area contributed by atoms with Gasteiger partial charge in [-0.15, -0.1) is 0 Å². The molecule has 2 heterocycles. The number of nitrogens with one attached hydrogen (secondary N) is 1. The zero-order valence-corrected chi connectivity index (χ0v) is 10.3. The molecule has 1 saturated heterocycles. The molecule has 0 bridgehead atoms. The molecule has 4 nitrogen and oxygen atoms in total. The number of carbonyl (C=O) groups is 1. The van der Waals surface area contributed by atoms with Crippen LogP contribution in [0.3, 0.4) is 0 Å². The van der Waals surface area contributed by atoms with Gasteiger partial charge in [-0.2, -0.15) is 0 Å². The Balaban J connectivity index is 2.16. The van der Waals surface area contributed by atoms with Gasteiger partial charge in [-0.25, -0.2) is 0 Å². The second-order valence-electron chi connectivity index (χ2n) is 5.27. The van der Waals surface area contributed by atoms with Crippen LogP contribution >= 0.6 is 0 Å².